The number of hydrogen-bond acceptors (Lipinski definition) is 3. The average Bonchev–Trinajstić information content (AvgIpc) is 3.01. The number of carbonyl (C=O) groups is 1. The van der Waals surface area contributed by atoms with E-state index < -0.39 is 0 Å². The van der Waals surface area contributed by atoms with Crippen LogP contribution >= 0.6 is 0 Å². The van der Waals surface area contributed by atoms with E-state index in [0.29, 0.717) is 17.7 Å². The van der Waals surface area contributed by atoms with Crippen LogP contribution in [-0.2, 0) is 6.54 Å². The molecule has 2 aromatic heterocycles. The Morgan fingerprint density at radius 2 is 1.81 bits per heavy atom. The van der Waals surface area contributed by atoms with Gasteiger partial charge in [-0.25, -0.2) is 4.68 Å². The smallest absolute Gasteiger partial charge is 0.273 e. The Bertz CT molecular complexity index is 1180. The van der Waals surface area contributed by atoms with E-state index in [9.17, 15) is 9.59 Å². The highest BCUT2D eigenvalue weighted by Gasteiger charge is 2.13. The van der Waals surface area contributed by atoms with Crippen LogP contribution in [0.25, 0.3) is 10.8 Å². The minimum atomic E-state index is -0.382. The molecule has 2 aromatic carbocycles. The van der Waals surface area contributed by atoms with Gasteiger partial charge in [0, 0.05) is 11.5 Å². The summed E-state index contributed by atoms with van der Waals surface area (Å²) in [4.78, 5) is 27.6. The second-order valence-electron chi connectivity index (χ2n) is 6.37. The number of H-pyrrole nitrogens is 1. The minimum Gasteiger partial charge on any atom is -0.317 e. The van der Waals surface area contributed by atoms with Gasteiger partial charge < -0.3 is 10.3 Å². The van der Waals surface area contributed by atoms with Gasteiger partial charge in [0.25, 0.3) is 11.5 Å². The number of anilines is 1. The highest BCUT2D eigenvalue weighted by molar-refractivity contribution is 6.04. The van der Waals surface area contributed by atoms with Crippen molar-refractivity contribution in [1.82, 2.24) is 14.8 Å². The largest absolute Gasteiger partial charge is 0.317 e. The molecule has 0 saturated carbocycles. The van der Waals surface area contributed by atoms with Gasteiger partial charge in [0.15, 0.2) is 0 Å². The van der Waals surface area contributed by atoms with Gasteiger partial charge >= 0.3 is 0 Å². The molecule has 134 valence electrons. The Labute approximate surface area is 155 Å². The third-order valence-corrected chi connectivity index (χ3v) is 4.32. The molecular weight excluding hydrogens is 340 g/mol. The number of carbonyl (C=O) groups excluding carboxylic acids is 1. The third-order valence-electron chi connectivity index (χ3n) is 4.32. The molecule has 0 unspecified atom stereocenters. The first-order valence-corrected chi connectivity index (χ1v) is 8.62. The van der Waals surface area contributed by atoms with Gasteiger partial charge in [0.1, 0.15) is 11.5 Å². The first kappa shape index (κ1) is 16.8. The molecule has 0 spiro atoms. The zero-order valence-electron chi connectivity index (χ0n) is 14.8. The molecule has 4 aromatic rings. The predicted molar refractivity (Wildman–Crippen MR) is 105 cm³/mol. The van der Waals surface area contributed by atoms with E-state index in [1.807, 2.05) is 49.4 Å². The molecule has 4 rings (SSSR count). The summed E-state index contributed by atoms with van der Waals surface area (Å²) >= 11 is 0. The predicted octanol–water partition coefficient (Wildman–Crippen LogP) is 3.33. The summed E-state index contributed by atoms with van der Waals surface area (Å²) in [6, 6.07) is 20.5. The van der Waals surface area contributed by atoms with Crippen LogP contribution in [0.3, 0.4) is 0 Å². The zero-order chi connectivity index (χ0) is 18.8. The molecule has 0 saturated heterocycles. The van der Waals surface area contributed by atoms with Crippen molar-refractivity contribution < 1.29 is 4.79 Å². The molecule has 0 atom stereocenters. The molecule has 2 N–H and O–H groups in total. The first-order chi connectivity index (χ1) is 13.1. The topological polar surface area (TPSA) is 79.8 Å². The summed E-state index contributed by atoms with van der Waals surface area (Å²) in [6.07, 6.45) is 0. The van der Waals surface area contributed by atoms with Crippen molar-refractivity contribution in [2.75, 3.05) is 5.32 Å². The van der Waals surface area contributed by atoms with Crippen molar-refractivity contribution in [3.63, 3.8) is 0 Å². The molecule has 0 radical (unpaired) electrons. The van der Waals surface area contributed by atoms with Crippen LogP contribution in [0.15, 0.2) is 71.5 Å². The lowest BCUT2D eigenvalue weighted by atomic mass is 10.1. The van der Waals surface area contributed by atoms with Crippen LogP contribution in [0.2, 0.25) is 0 Å². The fourth-order valence-corrected chi connectivity index (χ4v) is 3.04. The fraction of sp³-hybridized carbons (Fsp3) is 0.0952. The molecule has 2 heterocycles. The van der Waals surface area contributed by atoms with E-state index in [-0.39, 0.29) is 17.2 Å². The van der Waals surface area contributed by atoms with E-state index in [1.54, 1.807) is 28.9 Å². The molecule has 1 amide bonds. The molecular formula is C21H18N4O2. The van der Waals surface area contributed by atoms with Crippen molar-refractivity contribution in [3.05, 3.63) is 94.0 Å². The van der Waals surface area contributed by atoms with E-state index >= 15 is 0 Å². The lowest BCUT2D eigenvalue weighted by molar-refractivity contribution is 0.102. The van der Waals surface area contributed by atoms with Crippen molar-refractivity contribution >= 4 is 22.5 Å². The van der Waals surface area contributed by atoms with Crippen LogP contribution in [0.4, 0.5) is 5.82 Å². The van der Waals surface area contributed by atoms with E-state index in [1.165, 1.54) is 0 Å². The molecule has 6 heteroatoms. The van der Waals surface area contributed by atoms with Crippen molar-refractivity contribution in [1.29, 1.82) is 0 Å². The molecule has 0 fully saturated rings. The van der Waals surface area contributed by atoms with Crippen LogP contribution in [0, 0.1) is 6.92 Å². The number of rotatable bonds is 4. The summed E-state index contributed by atoms with van der Waals surface area (Å²) in [5.41, 5.74) is 1.81. The van der Waals surface area contributed by atoms with Crippen LogP contribution < -0.4 is 10.9 Å². The van der Waals surface area contributed by atoms with Gasteiger partial charge in [-0.2, -0.15) is 5.10 Å². The van der Waals surface area contributed by atoms with Gasteiger partial charge in [-0.3, -0.25) is 9.59 Å². The number of fused-ring (bicyclic) bond motifs is 1. The number of hydrogen-bond donors (Lipinski definition) is 2. The van der Waals surface area contributed by atoms with Crippen LogP contribution in [-0.4, -0.2) is 20.7 Å². The summed E-state index contributed by atoms with van der Waals surface area (Å²) in [5, 5.41) is 8.58. The molecule has 27 heavy (non-hydrogen) atoms. The van der Waals surface area contributed by atoms with Crippen LogP contribution in [0.5, 0.6) is 0 Å². The van der Waals surface area contributed by atoms with Crippen molar-refractivity contribution in [2.24, 2.45) is 0 Å². The second-order valence-corrected chi connectivity index (χ2v) is 6.37. The zero-order valence-corrected chi connectivity index (χ0v) is 14.8. The number of aryl methyl sites for hydroxylation is 1. The Balaban J connectivity index is 1.63. The van der Waals surface area contributed by atoms with Crippen LogP contribution in [0.1, 0.15) is 21.7 Å². The first-order valence-electron chi connectivity index (χ1n) is 8.62. The summed E-state index contributed by atoms with van der Waals surface area (Å²) < 4.78 is 1.74. The summed E-state index contributed by atoms with van der Waals surface area (Å²) in [5.74, 6) is 0.197. The lowest BCUT2D eigenvalue weighted by Gasteiger charge is -2.09. The quantitative estimate of drug-likeness (QED) is 0.587. The Morgan fingerprint density at radius 1 is 1.07 bits per heavy atom. The molecule has 6 nitrogen and oxygen atoms in total. The molecule has 0 aliphatic rings. The van der Waals surface area contributed by atoms with E-state index in [4.69, 9.17) is 0 Å². The highest BCUT2D eigenvalue weighted by atomic mass is 16.2. The van der Waals surface area contributed by atoms with E-state index in [2.05, 4.69) is 15.4 Å². The van der Waals surface area contributed by atoms with E-state index in [0.717, 1.165) is 16.6 Å². The number of benzene rings is 2. The maximum atomic E-state index is 12.7. The SMILES string of the molecule is Cc1cc(NC(=O)c2cc3ccccc3c(=O)[nH]2)n(Cc2ccccc2)n1. The number of nitrogens with one attached hydrogen (secondary N) is 2. The molecule has 0 aliphatic carbocycles. The van der Waals surface area contributed by atoms with Gasteiger partial charge in [0.2, 0.25) is 0 Å². The number of nitrogens with zero attached hydrogens (tertiary/aromatic N) is 2. The molecule has 0 bridgehead atoms. The second kappa shape index (κ2) is 6.92. The lowest BCUT2D eigenvalue weighted by Crippen LogP contribution is -2.20. The maximum absolute atomic E-state index is 12.7. The maximum Gasteiger partial charge on any atom is 0.273 e. The van der Waals surface area contributed by atoms with Gasteiger partial charge in [0.05, 0.1) is 12.2 Å². The molecule has 0 aliphatic heterocycles. The summed E-state index contributed by atoms with van der Waals surface area (Å²) in [7, 11) is 0. The third kappa shape index (κ3) is 3.50. The Morgan fingerprint density at radius 3 is 2.63 bits per heavy atom. The van der Waals surface area contributed by atoms with Gasteiger partial charge in [-0.15, -0.1) is 0 Å². The Hall–Kier alpha value is -3.67. The fourth-order valence-electron chi connectivity index (χ4n) is 3.04. The summed E-state index contributed by atoms with van der Waals surface area (Å²) in [6.45, 7) is 2.41. The van der Waals surface area contributed by atoms with Crippen molar-refractivity contribution in [2.45, 2.75) is 13.5 Å². The monoisotopic (exact) mass is 358 g/mol. The number of amides is 1. The number of pyridine rings is 1. The minimum absolute atomic E-state index is 0.212. The normalized spacial score (nSPS) is 10.9. The average molecular weight is 358 g/mol. The van der Waals surface area contributed by atoms with Crippen molar-refractivity contribution in [3.8, 4) is 0 Å². The van der Waals surface area contributed by atoms with Gasteiger partial charge in [-0.1, -0.05) is 48.5 Å². The van der Waals surface area contributed by atoms with Gasteiger partial charge in [-0.05, 0) is 30.0 Å². The number of aromatic nitrogens is 3. The highest BCUT2D eigenvalue weighted by Crippen LogP contribution is 2.15. The Kier molecular flexibility index (Phi) is 4.30. The standard InChI is InChI=1S/C21H18N4O2/c1-14-11-19(25(24-14)13-15-7-3-2-4-8-15)23-21(27)18-12-16-9-5-6-10-17(16)20(26)22-18/h2-12H,13H2,1H3,(H,22,26)(H,23,27). The number of aromatic amines is 1.